The zero-order chi connectivity index (χ0) is 39.3. The van der Waals surface area contributed by atoms with E-state index in [2.05, 4.69) is 154 Å². The first-order valence-electron chi connectivity index (χ1n) is 19.8. The van der Waals surface area contributed by atoms with Crippen molar-refractivity contribution in [2.24, 2.45) is 15.0 Å². The first kappa shape index (κ1) is 34.3. The van der Waals surface area contributed by atoms with Crippen LogP contribution in [0.2, 0.25) is 0 Å². The summed E-state index contributed by atoms with van der Waals surface area (Å²) in [5.74, 6) is 1.15. The van der Waals surface area contributed by atoms with E-state index in [-0.39, 0.29) is 0 Å². The highest BCUT2D eigenvalue weighted by atomic mass is 15.0. The Balaban J connectivity index is 0.996. The van der Waals surface area contributed by atoms with Crippen LogP contribution in [-0.4, -0.2) is 32.3 Å². The summed E-state index contributed by atoms with van der Waals surface area (Å²) in [7, 11) is 0. The van der Waals surface area contributed by atoms with Gasteiger partial charge in [0, 0.05) is 38.4 Å². The van der Waals surface area contributed by atoms with Crippen LogP contribution in [0.15, 0.2) is 209 Å². The second kappa shape index (κ2) is 14.2. The first-order valence-corrected chi connectivity index (χ1v) is 19.8. The van der Waals surface area contributed by atoms with Gasteiger partial charge in [-0.05, 0) is 71.3 Å². The van der Waals surface area contributed by atoms with Crippen molar-refractivity contribution in [2.75, 3.05) is 0 Å². The number of hydrogen-bond acceptors (Lipinski definition) is 2. The molecular weight excluding hydrogens is 721 g/mol. The molecular formula is C53H36N6. The fraction of sp³-hybridized carbons (Fsp3) is 0.0189. The summed E-state index contributed by atoms with van der Waals surface area (Å²) in [6.45, 7) is 4.26. The molecule has 0 bridgehead atoms. The summed E-state index contributed by atoms with van der Waals surface area (Å²) in [5.41, 5.74) is 12.9. The number of rotatable bonds is 6. The number of pyridine rings is 1. The molecule has 8 aromatic carbocycles. The molecule has 0 saturated carbocycles. The first-order chi connectivity index (χ1) is 29.2. The Morgan fingerprint density at radius 1 is 0.475 bits per heavy atom. The largest absolute Gasteiger partial charge is 0.309 e. The Hall–Kier alpha value is -7.96. The molecule has 11 aromatic rings. The van der Waals surface area contributed by atoms with Gasteiger partial charge in [-0.25, -0.2) is 15.0 Å². The maximum absolute atomic E-state index is 5.13. The van der Waals surface area contributed by atoms with Crippen LogP contribution in [0.25, 0.3) is 77.0 Å². The number of aromatic nitrogens is 3. The van der Waals surface area contributed by atoms with Gasteiger partial charge in [0.2, 0.25) is 0 Å². The van der Waals surface area contributed by atoms with E-state index < -0.39 is 0 Å². The van der Waals surface area contributed by atoms with E-state index in [1.807, 2.05) is 60.7 Å². The molecule has 0 saturated heterocycles. The van der Waals surface area contributed by atoms with Gasteiger partial charge >= 0.3 is 0 Å². The highest BCUT2D eigenvalue weighted by Crippen LogP contribution is 2.39. The molecule has 11 rings (SSSR count). The van der Waals surface area contributed by atoms with E-state index in [9.17, 15) is 0 Å². The average molecular weight is 757 g/mol. The van der Waals surface area contributed by atoms with Crippen LogP contribution < -0.4 is 0 Å². The SMILES string of the molecule is C=NC(=NC(=NCc1ccc(-c2cccc(-n3c4ccccc4c4cc5c(cc43)c3ccccc3c3nc4ccccc4n53)c2)cc1)c1ccccc1)c1ccccc1. The number of para-hydroxylation sites is 3. The van der Waals surface area contributed by atoms with Crippen LogP contribution in [0.4, 0.5) is 0 Å². The van der Waals surface area contributed by atoms with E-state index in [0.717, 1.165) is 72.1 Å². The number of imidazole rings is 1. The standard InChI is InChI=1S/C53H36N6/c1-54-51(37-15-4-2-5-16-37)57-52(38-17-6-3-7-18-38)55-34-35-27-29-36(30-28-35)39-19-14-20-40(31-39)58-47-25-12-10-22-42(47)45-33-50-44(32-49(45)58)41-21-8-9-23-43(41)53-56-46-24-11-13-26-48(46)59(50)53/h2-33H,1,34H2. The summed E-state index contributed by atoms with van der Waals surface area (Å²) in [6.07, 6.45) is 0. The molecule has 0 N–H and O–H groups in total. The summed E-state index contributed by atoms with van der Waals surface area (Å²) in [6, 6.07) is 68.0. The second-order valence-corrected chi connectivity index (χ2v) is 14.8. The van der Waals surface area contributed by atoms with Crippen molar-refractivity contribution in [1.29, 1.82) is 0 Å². The predicted octanol–water partition coefficient (Wildman–Crippen LogP) is 12.7. The molecule has 278 valence electrons. The zero-order valence-electron chi connectivity index (χ0n) is 32.1. The van der Waals surface area contributed by atoms with Crippen LogP contribution in [0.5, 0.6) is 0 Å². The maximum atomic E-state index is 5.13. The fourth-order valence-electron chi connectivity index (χ4n) is 8.50. The lowest BCUT2D eigenvalue weighted by Crippen LogP contribution is -2.05. The van der Waals surface area contributed by atoms with Gasteiger partial charge in [0.25, 0.3) is 0 Å². The van der Waals surface area contributed by atoms with Crippen molar-refractivity contribution in [3.05, 3.63) is 211 Å². The summed E-state index contributed by atoms with van der Waals surface area (Å²) < 4.78 is 4.75. The molecule has 3 heterocycles. The molecule has 0 unspecified atom stereocenters. The van der Waals surface area contributed by atoms with Crippen molar-refractivity contribution in [1.82, 2.24) is 14.0 Å². The molecule has 0 spiro atoms. The van der Waals surface area contributed by atoms with E-state index >= 15 is 0 Å². The van der Waals surface area contributed by atoms with Crippen molar-refractivity contribution in [2.45, 2.75) is 6.54 Å². The third kappa shape index (κ3) is 5.89. The number of nitrogens with zero attached hydrogens (tertiary/aromatic N) is 6. The van der Waals surface area contributed by atoms with Gasteiger partial charge in [-0.2, -0.15) is 0 Å². The normalized spacial score (nSPS) is 12.4. The van der Waals surface area contributed by atoms with Gasteiger partial charge in [-0.3, -0.25) is 9.39 Å². The quantitative estimate of drug-likeness (QED) is 0.0947. The number of aliphatic imine (C=N–C) groups is 3. The van der Waals surface area contributed by atoms with Gasteiger partial charge in [0.05, 0.1) is 34.1 Å². The van der Waals surface area contributed by atoms with Crippen molar-refractivity contribution in [3.8, 4) is 16.8 Å². The minimum absolute atomic E-state index is 0.471. The summed E-state index contributed by atoms with van der Waals surface area (Å²) >= 11 is 0. The molecule has 6 heteroatoms. The minimum Gasteiger partial charge on any atom is -0.309 e. The Morgan fingerprint density at radius 3 is 1.86 bits per heavy atom. The van der Waals surface area contributed by atoms with Gasteiger partial charge < -0.3 is 4.57 Å². The molecule has 0 aliphatic rings. The van der Waals surface area contributed by atoms with Crippen LogP contribution in [0.1, 0.15) is 16.7 Å². The van der Waals surface area contributed by atoms with E-state index in [1.165, 1.54) is 21.5 Å². The van der Waals surface area contributed by atoms with E-state index in [0.29, 0.717) is 18.2 Å². The van der Waals surface area contributed by atoms with Crippen molar-refractivity contribution < 1.29 is 0 Å². The maximum Gasteiger partial charge on any atom is 0.161 e. The molecule has 6 nitrogen and oxygen atoms in total. The molecule has 0 fully saturated rings. The fourth-order valence-corrected chi connectivity index (χ4v) is 8.50. The van der Waals surface area contributed by atoms with E-state index in [4.69, 9.17) is 15.0 Å². The lowest BCUT2D eigenvalue weighted by molar-refractivity contribution is 1.06. The molecule has 59 heavy (non-hydrogen) atoms. The second-order valence-electron chi connectivity index (χ2n) is 14.8. The Bertz CT molecular complexity index is 3470. The molecule has 3 aromatic heterocycles. The van der Waals surface area contributed by atoms with E-state index in [1.54, 1.807) is 0 Å². The molecule has 0 aliphatic carbocycles. The monoisotopic (exact) mass is 756 g/mol. The summed E-state index contributed by atoms with van der Waals surface area (Å²) in [4.78, 5) is 19.2. The lowest BCUT2D eigenvalue weighted by Gasteiger charge is -2.13. The van der Waals surface area contributed by atoms with Gasteiger partial charge in [0.1, 0.15) is 5.65 Å². The summed E-state index contributed by atoms with van der Waals surface area (Å²) in [5, 5.41) is 5.95. The number of fused-ring (bicyclic) bond motifs is 11. The smallest absolute Gasteiger partial charge is 0.161 e. The lowest BCUT2D eigenvalue weighted by atomic mass is 10.0. The van der Waals surface area contributed by atoms with Crippen LogP contribution in [-0.2, 0) is 6.54 Å². The average Bonchev–Trinajstić information content (AvgIpc) is 3.86. The number of hydrogen-bond donors (Lipinski definition) is 0. The number of benzene rings is 8. The third-order valence-electron chi connectivity index (χ3n) is 11.3. The Kier molecular flexibility index (Phi) is 8.26. The highest BCUT2D eigenvalue weighted by molar-refractivity contribution is 6.20. The predicted molar refractivity (Wildman–Crippen MR) is 247 cm³/mol. The highest BCUT2D eigenvalue weighted by Gasteiger charge is 2.19. The third-order valence-corrected chi connectivity index (χ3v) is 11.3. The molecule has 0 atom stereocenters. The number of amidine groups is 2. The van der Waals surface area contributed by atoms with Crippen LogP contribution >= 0.6 is 0 Å². The van der Waals surface area contributed by atoms with Gasteiger partial charge in [-0.1, -0.05) is 152 Å². The van der Waals surface area contributed by atoms with Crippen molar-refractivity contribution in [3.63, 3.8) is 0 Å². The molecule has 0 amide bonds. The van der Waals surface area contributed by atoms with Gasteiger partial charge in [-0.15, -0.1) is 0 Å². The zero-order valence-corrected chi connectivity index (χ0v) is 32.1. The van der Waals surface area contributed by atoms with Crippen molar-refractivity contribution >= 4 is 78.6 Å². The molecule has 0 radical (unpaired) electrons. The minimum atomic E-state index is 0.471. The Labute approximate surface area is 340 Å². The van der Waals surface area contributed by atoms with Crippen LogP contribution in [0.3, 0.4) is 0 Å². The topological polar surface area (TPSA) is 59.3 Å². The van der Waals surface area contributed by atoms with Crippen LogP contribution in [0, 0.1) is 0 Å². The Morgan fingerprint density at radius 2 is 1.10 bits per heavy atom. The van der Waals surface area contributed by atoms with Gasteiger partial charge in [0.15, 0.2) is 11.7 Å². The molecule has 0 aliphatic heterocycles.